The van der Waals surface area contributed by atoms with Gasteiger partial charge in [-0.1, -0.05) is 11.6 Å². The summed E-state index contributed by atoms with van der Waals surface area (Å²) in [7, 11) is 1.65. The third kappa shape index (κ3) is 4.65. The fourth-order valence-corrected chi connectivity index (χ4v) is 1.73. The number of hydrogen-bond acceptors (Lipinski definition) is 2. The summed E-state index contributed by atoms with van der Waals surface area (Å²) >= 11 is 14.3. The molecule has 16 heavy (non-hydrogen) atoms. The molecule has 0 aromatic heterocycles. The third-order valence-corrected chi connectivity index (χ3v) is 3.23. The van der Waals surface area contributed by atoms with Gasteiger partial charge in [0.2, 0.25) is 0 Å². The number of benzene rings is 1. The van der Waals surface area contributed by atoms with E-state index in [1.165, 1.54) is 0 Å². The minimum Gasteiger partial charge on any atom is -0.383 e. The Hall–Kier alpha value is -0.360. The Morgan fingerprint density at radius 3 is 2.94 bits per heavy atom. The Balaban J connectivity index is 2.46. The van der Waals surface area contributed by atoms with Crippen LogP contribution in [0.25, 0.3) is 0 Å². The van der Waals surface area contributed by atoms with Crippen LogP contribution in [0.3, 0.4) is 0 Å². The van der Waals surface area contributed by atoms with Crippen molar-refractivity contribution in [2.75, 3.05) is 25.6 Å². The Labute approximate surface area is 114 Å². The van der Waals surface area contributed by atoms with E-state index in [-0.39, 0.29) is 0 Å². The zero-order valence-electron chi connectivity index (χ0n) is 8.72. The molecule has 0 saturated heterocycles. The molecule has 0 spiro atoms. The molecule has 0 amide bonds. The van der Waals surface area contributed by atoms with E-state index in [4.69, 9.17) is 28.6 Å². The van der Waals surface area contributed by atoms with Gasteiger partial charge in [-0.15, -0.1) is 0 Å². The Bertz CT molecular complexity index is 376. The van der Waals surface area contributed by atoms with Crippen LogP contribution >= 0.6 is 39.7 Å². The monoisotopic (exact) mass is 322 g/mol. The average Bonchev–Trinajstić information content (AvgIpc) is 2.24. The molecule has 88 valence electrons. The highest BCUT2D eigenvalue weighted by molar-refractivity contribution is 9.10. The number of thiocarbonyl (C=S) groups is 1. The maximum atomic E-state index is 5.88. The lowest BCUT2D eigenvalue weighted by Crippen LogP contribution is -2.31. The van der Waals surface area contributed by atoms with Crippen molar-refractivity contribution in [1.29, 1.82) is 0 Å². The highest BCUT2D eigenvalue weighted by atomic mass is 79.9. The maximum Gasteiger partial charge on any atom is 0.170 e. The number of nitrogens with one attached hydrogen (secondary N) is 2. The maximum absolute atomic E-state index is 5.88. The van der Waals surface area contributed by atoms with Gasteiger partial charge in [0, 0.05) is 23.8 Å². The molecule has 0 aliphatic rings. The van der Waals surface area contributed by atoms with E-state index in [0.29, 0.717) is 23.3 Å². The predicted molar refractivity (Wildman–Crippen MR) is 75.3 cm³/mol. The van der Waals surface area contributed by atoms with Crippen molar-refractivity contribution in [2.24, 2.45) is 0 Å². The van der Waals surface area contributed by atoms with Gasteiger partial charge in [0.25, 0.3) is 0 Å². The van der Waals surface area contributed by atoms with Crippen LogP contribution < -0.4 is 10.6 Å². The van der Waals surface area contributed by atoms with E-state index in [9.17, 15) is 0 Å². The number of anilines is 1. The van der Waals surface area contributed by atoms with Crippen LogP contribution in [0.1, 0.15) is 0 Å². The normalized spacial score (nSPS) is 9.94. The molecule has 1 aromatic rings. The molecular formula is C10H12BrClN2OS. The molecule has 0 fully saturated rings. The van der Waals surface area contributed by atoms with Crippen LogP contribution in [0, 0.1) is 0 Å². The van der Waals surface area contributed by atoms with Crippen LogP contribution in [0.15, 0.2) is 22.7 Å². The summed E-state index contributed by atoms with van der Waals surface area (Å²) in [6, 6.07) is 5.52. The second kappa shape index (κ2) is 7.06. The van der Waals surface area contributed by atoms with Gasteiger partial charge in [0.15, 0.2) is 5.11 Å². The largest absolute Gasteiger partial charge is 0.383 e. The molecule has 6 heteroatoms. The number of hydrogen-bond donors (Lipinski definition) is 2. The minimum absolute atomic E-state index is 0.561. The quantitative estimate of drug-likeness (QED) is 0.659. The van der Waals surface area contributed by atoms with Crippen LogP contribution in [-0.4, -0.2) is 25.4 Å². The van der Waals surface area contributed by atoms with Crippen molar-refractivity contribution in [3.8, 4) is 0 Å². The number of ether oxygens (including phenoxy) is 1. The van der Waals surface area contributed by atoms with Crippen molar-refractivity contribution in [3.05, 3.63) is 27.7 Å². The van der Waals surface area contributed by atoms with Gasteiger partial charge in [-0.2, -0.15) is 0 Å². The molecule has 3 nitrogen and oxygen atoms in total. The summed E-state index contributed by atoms with van der Waals surface area (Å²) in [6.45, 7) is 1.29. The highest BCUT2D eigenvalue weighted by Gasteiger charge is 2.00. The van der Waals surface area contributed by atoms with Gasteiger partial charge < -0.3 is 15.4 Å². The molecule has 1 aromatic carbocycles. The summed E-state index contributed by atoms with van der Waals surface area (Å²) < 4.78 is 5.73. The van der Waals surface area contributed by atoms with Crippen LogP contribution in [-0.2, 0) is 4.74 Å². The van der Waals surface area contributed by atoms with Crippen LogP contribution in [0.4, 0.5) is 5.69 Å². The lowest BCUT2D eigenvalue weighted by molar-refractivity contribution is 0.204. The SMILES string of the molecule is COCCNC(=S)Nc1ccc(Cl)c(Br)c1. The van der Waals surface area contributed by atoms with Crippen molar-refractivity contribution in [1.82, 2.24) is 5.32 Å². The second-order valence-electron chi connectivity index (χ2n) is 3.00. The first kappa shape index (κ1) is 13.7. The first-order valence-electron chi connectivity index (χ1n) is 4.62. The molecule has 0 aliphatic heterocycles. The van der Waals surface area contributed by atoms with Gasteiger partial charge in [-0.3, -0.25) is 0 Å². The van der Waals surface area contributed by atoms with Crippen molar-refractivity contribution in [3.63, 3.8) is 0 Å². The average molecular weight is 324 g/mol. The topological polar surface area (TPSA) is 33.3 Å². The van der Waals surface area contributed by atoms with Gasteiger partial charge in [-0.05, 0) is 46.3 Å². The summed E-state index contributed by atoms with van der Waals surface area (Å²) in [5, 5.41) is 7.29. The third-order valence-electron chi connectivity index (χ3n) is 1.77. The van der Waals surface area contributed by atoms with E-state index in [0.717, 1.165) is 10.2 Å². The van der Waals surface area contributed by atoms with Crippen LogP contribution in [0.5, 0.6) is 0 Å². The Kier molecular flexibility index (Phi) is 6.05. The fourth-order valence-electron chi connectivity index (χ4n) is 1.02. The first-order chi connectivity index (χ1) is 7.63. The fraction of sp³-hybridized carbons (Fsp3) is 0.300. The Morgan fingerprint density at radius 1 is 1.56 bits per heavy atom. The van der Waals surface area contributed by atoms with Crippen molar-refractivity contribution in [2.45, 2.75) is 0 Å². The van der Waals surface area contributed by atoms with Crippen molar-refractivity contribution < 1.29 is 4.74 Å². The Morgan fingerprint density at radius 2 is 2.31 bits per heavy atom. The molecular weight excluding hydrogens is 312 g/mol. The van der Waals surface area contributed by atoms with E-state index in [1.807, 2.05) is 12.1 Å². The second-order valence-corrected chi connectivity index (χ2v) is 4.67. The van der Waals surface area contributed by atoms with Gasteiger partial charge in [0.1, 0.15) is 0 Å². The molecule has 2 N–H and O–H groups in total. The van der Waals surface area contributed by atoms with Gasteiger partial charge in [0.05, 0.1) is 11.6 Å². The standard InChI is InChI=1S/C10H12BrClN2OS/c1-15-5-4-13-10(16)14-7-2-3-9(12)8(11)6-7/h2-3,6H,4-5H2,1H3,(H2,13,14,16). The van der Waals surface area contributed by atoms with E-state index >= 15 is 0 Å². The molecule has 0 aliphatic carbocycles. The zero-order valence-corrected chi connectivity index (χ0v) is 11.9. The molecule has 0 bridgehead atoms. The molecule has 0 atom stereocenters. The minimum atomic E-state index is 0.561. The molecule has 0 heterocycles. The zero-order chi connectivity index (χ0) is 12.0. The van der Waals surface area contributed by atoms with E-state index in [1.54, 1.807) is 13.2 Å². The van der Waals surface area contributed by atoms with Gasteiger partial charge in [-0.25, -0.2) is 0 Å². The summed E-state index contributed by atoms with van der Waals surface area (Å²) in [5.74, 6) is 0. The predicted octanol–water partition coefficient (Wildman–Crippen LogP) is 3.04. The molecule has 0 saturated carbocycles. The summed E-state index contributed by atoms with van der Waals surface area (Å²) in [6.07, 6.45) is 0. The smallest absolute Gasteiger partial charge is 0.170 e. The first-order valence-corrected chi connectivity index (χ1v) is 6.20. The van der Waals surface area contributed by atoms with Crippen LogP contribution in [0.2, 0.25) is 5.02 Å². The lowest BCUT2D eigenvalue weighted by atomic mass is 10.3. The lowest BCUT2D eigenvalue weighted by Gasteiger charge is -2.10. The van der Waals surface area contributed by atoms with Crippen molar-refractivity contribution >= 4 is 50.5 Å². The number of halogens is 2. The summed E-state index contributed by atoms with van der Waals surface area (Å²) in [5.41, 5.74) is 0.881. The van der Waals surface area contributed by atoms with E-state index < -0.39 is 0 Å². The summed E-state index contributed by atoms with van der Waals surface area (Å²) in [4.78, 5) is 0. The molecule has 0 unspecified atom stereocenters. The highest BCUT2D eigenvalue weighted by Crippen LogP contribution is 2.25. The molecule has 1 rings (SSSR count). The number of methoxy groups -OCH3 is 1. The van der Waals surface area contributed by atoms with E-state index in [2.05, 4.69) is 26.6 Å². The van der Waals surface area contributed by atoms with Gasteiger partial charge >= 0.3 is 0 Å². The number of rotatable bonds is 4. The molecule has 0 radical (unpaired) electrons.